The van der Waals surface area contributed by atoms with Crippen LogP contribution in [0.4, 0.5) is 0 Å². The van der Waals surface area contributed by atoms with Crippen LogP contribution >= 0.6 is 11.3 Å². The summed E-state index contributed by atoms with van der Waals surface area (Å²) >= 11 is 1.73. The van der Waals surface area contributed by atoms with Crippen LogP contribution in [-0.4, -0.2) is 36.6 Å². The lowest BCUT2D eigenvalue weighted by atomic mass is 9.97. The van der Waals surface area contributed by atoms with Gasteiger partial charge in [0.2, 0.25) is 0 Å². The smallest absolute Gasteiger partial charge is 0.253 e. The third-order valence-corrected chi connectivity index (χ3v) is 5.87. The van der Waals surface area contributed by atoms with E-state index in [1.807, 2.05) is 23.1 Å². The summed E-state index contributed by atoms with van der Waals surface area (Å²) < 4.78 is 5.73. The zero-order valence-electron chi connectivity index (χ0n) is 15.3. The second kappa shape index (κ2) is 8.15. The SMILES string of the molecule is Cc1ccsc1-c1cccc(C(=O)N2CCC(COC(C)C)CC2)c1. The molecule has 134 valence electrons. The highest BCUT2D eigenvalue weighted by molar-refractivity contribution is 7.13. The molecule has 0 atom stereocenters. The van der Waals surface area contributed by atoms with Gasteiger partial charge in [0.1, 0.15) is 0 Å². The highest BCUT2D eigenvalue weighted by atomic mass is 32.1. The molecule has 1 aliphatic rings. The Morgan fingerprint density at radius 1 is 1.28 bits per heavy atom. The topological polar surface area (TPSA) is 29.5 Å². The van der Waals surface area contributed by atoms with Gasteiger partial charge in [-0.1, -0.05) is 12.1 Å². The Hall–Kier alpha value is -1.65. The van der Waals surface area contributed by atoms with Gasteiger partial charge in [0.25, 0.3) is 5.91 Å². The molecule has 0 saturated carbocycles. The van der Waals surface area contributed by atoms with Crippen LogP contribution in [0.5, 0.6) is 0 Å². The number of hydrogen-bond donors (Lipinski definition) is 0. The summed E-state index contributed by atoms with van der Waals surface area (Å²) in [5.74, 6) is 0.728. The second-order valence-corrected chi connectivity index (χ2v) is 8.05. The van der Waals surface area contributed by atoms with Crippen LogP contribution in [0.15, 0.2) is 35.7 Å². The molecule has 1 fully saturated rings. The fourth-order valence-electron chi connectivity index (χ4n) is 3.28. The number of aryl methyl sites for hydroxylation is 1. The van der Waals surface area contributed by atoms with Crippen LogP contribution in [0, 0.1) is 12.8 Å². The Kier molecular flexibility index (Phi) is 5.92. The van der Waals surface area contributed by atoms with Gasteiger partial charge in [-0.2, -0.15) is 0 Å². The summed E-state index contributed by atoms with van der Waals surface area (Å²) in [5.41, 5.74) is 3.20. The van der Waals surface area contributed by atoms with Crippen molar-refractivity contribution in [3.05, 3.63) is 46.8 Å². The number of hydrogen-bond acceptors (Lipinski definition) is 3. The molecule has 0 N–H and O–H groups in total. The predicted molar refractivity (Wildman–Crippen MR) is 104 cm³/mol. The second-order valence-electron chi connectivity index (χ2n) is 7.13. The number of rotatable bonds is 5. The third kappa shape index (κ3) is 4.50. The van der Waals surface area contributed by atoms with Gasteiger partial charge in [0.15, 0.2) is 0 Å². The van der Waals surface area contributed by atoms with Crippen LogP contribution in [0.1, 0.15) is 42.6 Å². The first-order valence-electron chi connectivity index (χ1n) is 9.10. The van der Waals surface area contributed by atoms with Crippen molar-refractivity contribution in [2.45, 2.75) is 39.7 Å². The average Bonchev–Trinajstić information content (AvgIpc) is 3.06. The average molecular weight is 358 g/mol. The number of likely N-dealkylation sites (tertiary alicyclic amines) is 1. The molecule has 0 spiro atoms. The van der Waals surface area contributed by atoms with Crippen molar-refractivity contribution in [1.29, 1.82) is 0 Å². The van der Waals surface area contributed by atoms with Gasteiger partial charge in [0.05, 0.1) is 6.10 Å². The molecular weight excluding hydrogens is 330 g/mol. The van der Waals surface area contributed by atoms with Gasteiger partial charge in [-0.3, -0.25) is 4.79 Å². The number of thiophene rings is 1. The first kappa shape index (κ1) is 18.2. The zero-order chi connectivity index (χ0) is 17.8. The molecule has 0 bridgehead atoms. The van der Waals surface area contributed by atoms with Crippen LogP contribution in [0.2, 0.25) is 0 Å². The highest BCUT2D eigenvalue weighted by Gasteiger charge is 2.24. The van der Waals surface area contributed by atoms with E-state index >= 15 is 0 Å². The summed E-state index contributed by atoms with van der Waals surface area (Å²) in [6.07, 6.45) is 2.34. The molecule has 0 aliphatic carbocycles. The zero-order valence-corrected chi connectivity index (χ0v) is 16.1. The third-order valence-electron chi connectivity index (χ3n) is 4.80. The van der Waals surface area contributed by atoms with Gasteiger partial charge >= 0.3 is 0 Å². The van der Waals surface area contributed by atoms with E-state index in [4.69, 9.17) is 4.74 Å². The normalized spacial score (nSPS) is 15.8. The Balaban J connectivity index is 1.63. The van der Waals surface area contributed by atoms with E-state index in [1.54, 1.807) is 11.3 Å². The largest absolute Gasteiger partial charge is 0.379 e. The van der Waals surface area contributed by atoms with Gasteiger partial charge in [-0.05, 0) is 74.2 Å². The maximum Gasteiger partial charge on any atom is 0.253 e. The molecule has 25 heavy (non-hydrogen) atoms. The van der Waals surface area contributed by atoms with Crippen molar-refractivity contribution >= 4 is 17.2 Å². The standard InChI is InChI=1S/C21H27NO2S/c1-15(2)24-14-17-7-10-22(11-8-17)21(23)19-6-4-5-18(13-19)20-16(3)9-12-25-20/h4-6,9,12-13,15,17H,7-8,10-11,14H2,1-3H3. The fraction of sp³-hybridized carbons (Fsp3) is 0.476. The number of carbonyl (C=O) groups excluding carboxylic acids is 1. The van der Waals surface area contributed by atoms with Gasteiger partial charge < -0.3 is 9.64 Å². The number of carbonyl (C=O) groups is 1. The van der Waals surface area contributed by atoms with E-state index in [9.17, 15) is 4.79 Å². The first-order valence-corrected chi connectivity index (χ1v) is 9.98. The minimum atomic E-state index is 0.152. The molecular formula is C21H27NO2S. The van der Waals surface area contributed by atoms with Crippen molar-refractivity contribution in [3.8, 4) is 10.4 Å². The van der Waals surface area contributed by atoms with Crippen LogP contribution < -0.4 is 0 Å². The Morgan fingerprint density at radius 2 is 2.04 bits per heavy atom. The highest BCUT2D eigenvalue weighted by Crippen LogP contribution is 2.30. The summed E-state index contributed by atoms with van der Waals surface area (Å²) in [4.78, 5) is 16.1. The molecule has 0 radical (unpaired) electrons. The van der Waals surface area contributed by atoms with Crippen LogP contribution in [0.3, 0.4) is 0 Å². The lowest BCUT2D eigenvalue weighted by Gasteiger charge is -2.32. The quantitative estimate of drug-likeness (QED) is 0.753. The van der Waals surface area contributed by atoms with Crippen LogP contribution in [0.25, 0.3) is 10.4 Å². The van der Waals surface area contributed by atoms with E-state index in [2.05, 4.69) is 38.3 Å². The molecule has 4 heteroatoms. The maximum atomic E-state index is 12.9. The van der Waals surface area contributed by atoms with Crippen LogP contribution in [-0.2, 0) is 4.74 Å². The monoisotopic (exact) mass is 357 g/mol. The summed E-state index contributed by atoms with van der Waals surface area (Å²) in [6, 6.07) is 10.2. The fourth-order valence-corrected chi connectivity index (χ4v) is 4.20. The molecule has 2 heterocycles. The molecule has 2 aromatic rings. The number of nitrogens with zero attached hydrogens (tertiary/aromatic N) is 1. The summed E-state index contributed by atoms with van der Waals surface area (Å²) in [6.45, 7) is 8.72. The van der Waals surface area contributed by atoms with Gasteiger partial charge in [-0.25, -0.2) is 0 Å². The Morgan fingerprint density at radius 3 is 2.68 bits per heavy atom. The molecule has 3 rings (SSSR count). The lowest BCUT2D eigenvalue weighted by Crippen LogP contribution is -2.39. The van der Waals surface area contributed by atoms with Crippen molar-refractivity contribution in [3.63, 3.8) is 0 Å². The van der Waals surface area contributed by atoms with Crippen molar-refractivity contribution in [1.82, 2.24) is 4.90 Å². The number of benzene rings is 1. The maximum absolute atomic E-state index is 12.9. The van der Waals surface area contributed by atoms with Crippen molar-refractivity contribution < 1.29 is 9.53 Å². The molecule has 1 aromatic heterocycles. The Bertz CT molecular complexity index is 714. The molecule has 1 aromatic carbocycles. The van der Waals surface area contributed by atoms with Gasteiger partial charge in [-0.15, -0.1) is 11.3 Å². The first-order chi connectivity index (χ1) is 12.0. The predicted octanol–water partition coefficient (Wildman–Crippen LogP) is 5.00. The number of ether oxygens (including phenoxy) is 1. The van der Waals surface area contributed by atoms with E-state index in [0.29, 0.717) is 5.92 Å². The van der Waals surface area contributed by atoms with Crippen molar-refractivity contribution in [2.75, 3.05) is 19.7 Å². The summed E-state index contributed by atoms with van der Waals surface area (Å²) in [5, 5.41) is 2.10. The summed E-state index contributed by atoms with van der Waals surface area (Å²) in [7, 11) is 0. The molecule has 0 unspecified atom stereocenters. The number of piperidine rings is 1. The Labute approximate surface area is 154 Å². The van der Waals surface area contributed by atoms with E-state index in [0.717, 1.165) is 43.7 Å². The minimum absolute atomic E-state index is 0.152. The molecule has 1 saturated heterocycles. The van der Waals surface area contributed by atoms with E-state index in [-0.39, 0.29) is 12.0 Å². The van der Waals surface area contributed by atoms with E-state index in [1.165, 1.54) is 10.4 Å². The van der Waals surface area contributed by atoms with Crippen molar-refractivity contribution in [2.24, 2.45) is 5.92 Å². The molecule has 1 amide bonds. The minimum Gasteiger partial charge on any atom is -0.379 e. The van der Waals surface area contributed by atoms with E-state index < -0.39 is 0 Å². The van der Waals surface area contributed by atoms with Gasteiger partial charge in [0, 0.05) is 30.1 Å². The lowest BCUT2D eigenvalue weighted by molar-refractivity contribution is 0.0286. The molecule has 1 aliphatic heterocycles. The molecule has 3 nitrogen and oxygen atoms in total. The number of amides is 1.